The van der Waals surface area contributed by atoms with Gasteiger partial charge in [-0.05, 0) is 43.0 Å². The molecule has 0 spiro atoms. The molecule has 2 aliphatic rings. The second-order valence-corrected chi connectivity index (χ2v) is 5.52. The van der Waals surface area contributed by atoms with Crippen molar-refractivity contribution < 1.29 is 9.47 Å². The minimum absolute atomic E-state index is 0.227. The zero-order valence-corrected chi connectivity index (χ0v) is 12.7. The van der Waals surface area contributed by atoms with Gasteiger partial charge in [-0.3, -0.25) is 0 Å². The topological polar surface area (TPSA) is 74.7 Å². The van der Waals surface area contributed by atoms with Crippen LogP contribution < -0.4 is 5.73 Å². The average Bonchev–Trinajstić information content (AvgIpc) is 2.95. The van der Waals surface area contributed by atoms with Crippen LogP contribution in [0.2, 0.25) is 0 Å². The van der Waals surface area contributed by atoms with Crippen molar-refractivity contribution in [1.29, 1.82) is 0 Å². The molecule has 0 saturated carbocycles. The predicted octanol–water partition coefficient (Wildman–Crippen LogP) is 3.08. The first kappa shape index (κ1) is 13.6. The number of nitrogen functional groups attached to an aromatic ring is 1. The molecule has 0 radical (unpaired) electrons. The highest BCUT2D eigenvalue weighted by molar-refractivity contribution is 5.63. The molecule has 2 aromatic heterocycles. The predicted molar refractivity (Wildman–Crippen MR) is 86.8 cm³/mol. The normalized spacial score (nSPS) is 17.2. The number of aromatic nitrogens is 3. The third-order valence-corrected chi connectivity index (χ3v) is 3.75. The van der Waals surface area contributed by atoms with Gasteiger partial charge in [-0.15, -0.1) is 5.10 Å². The van der Waals surface area contributed by atoms with Crippen LogP contribution in [0.25, 0.3) is 11.4 Å². The highest BCUT2D eigenvalue weighted by Gasteiger charge is 2.19. The number of hydrogen-bond acceptors (Lipinski definition) is 5. The Bertz CT molecular complexity index is 903. The molecule has 6 heteroatoms. The minimum atomic E-state index is 0.227. The summed E-state index contributed by atoms with van der Waals surface area (Å²) in [6, 6.07) is 3.89. The molecule has 6 nitrogen and oxygen atoms in total. The van der Waals surface area contributed by atoms with E-state index in [1.54, 1.807) is 17.0 Å². The fourth-order valence-corrected chi connectivity index (χ4v) is 2.70. The Labute approximate surface area is 133 Å². The largest absolute Gasteiger partial charge is 0.465 e. The van der Waals surface area contributed by atoms with Gasteiger partial charge in [0.1, 0.15) is 18.2 Å². The maximum Gasteiger partial charge on any atom is 0.240 e. The Kier molecular flexibility index (Phi) is 3.15. The number of nitrogens with zero attached hydrogens (tertiary/aromatic N) is 3. The van der Waals surface area contributed by atoms with E-state index < -0.39 is 0 Å². The molecule has 1 aliphatic carbocycles. The molecule has 0 aromatic carbocycles. The van der Waals surface area contributed by atoms with Crippen molar-refractivity contribution in [3.05, 3.63) is 65.5 Å². The van der Waals surface area contributed by atoms with Gasteiger partial charge in [-0.2, -0.15) is 4.98 Å². The lowest BCUT2D eigenvalue weighted by Crippen LogP contribution is -2.07. The summed E-state index contributed by atoms with van der Waals surface area (Å²) in [4.78, 5) is 4.21. The maximum absolute atomic E-state index is 6.05. The molecule has 116 valence electrons. The number of anilines is 1. The molecule has 0 atom stereocenters. The molecule has 4 rings (SSSR count). The molecule has 0 amide bonds. The number of allylic oxidation sites excluding steroid dienone is 4. The summed E-state index contributed by atoms with van der Waals surface area (Å²) in [7, 11) is 0. The number of hydrogen-bond donors (Lipinski definition) is 1. The summed E-state index contributed by atoms with van der Waals surface area (Å²) in [5.74, 6) is 1.52. The third-order valence-electron chi connectivity index (χ3n) is 3.75. The van der Waals surface area contributed by atoms with Crippen molar-refractivity contribution >= 4 is 17.4 Å². The molecule has 0 unspecified atom stereocenters. The van der Waals surface area contributed by atoms with E-state index in [2.05, 4.69) is 16.2 Å². The van der Waals surface area contributed by atoms with Gasteiger partial charge in [-0.25, -0.2) is 4.52 Å². The van der Waals surface area contributed by atoms with E-state index in [4.69, 9.17) is 15.2 Å². The van der Waals surface area contributed by atoms with Crippen molar-refractivity contribution in [2.45, 2.75) is 19.8 Å². The van der Waals surface area contributed by atoms with Crippen LogP contribution in [-0.4, -0.2) is 14.6 Å². The summed E-state index contributed by atoms with van der Waals surface area (Å²) < 4.78 is 13.2. The summed E-state index contributed by atoms with van der Waals surface area (Å²) in [5.41, 5.74) is 9.30. The molecule has 0 fully saturated rings. The van der Waals surface area contributed by atoms with Gasteiger partial charge in [0.05, 0.1) is 0 Å². The number of fused-ring (bicyclic) bond motifs is 1. The van der Waals surface area contributed by atoms with Gasteiger partial charge in [0.25, 0.3) is 0 Å². The van der Waals surface area contributed by atoms with E-state index in [1.807, 2.05) is 31.2 Å². The van der Waals surface area contributed by atoms with Gasteiger partial charge >= 0.3 is 0 Å². The number of rotatable bonds is 2. The molecule has 3 heterocycles. The van der Waals surface area contributed by atoms with E-state index in [-0.39, 0.29) is 5.95 Å². The molecular formula is C17H16N4O2. The van der Waals surface area contributed by atoms with Crippen LogP contribution >= 0.6 is 0 Å². The monoisotopic (exact) mass is 308 g/mol. The number of ether oxygens (including phenoxy) is 2. The molecule has 0 bridgehead atoms. The van der Waals surface area contributed by atoms with Crippen molar-refractivity contribution in [2.24, 2.45) is 0 Å². The van der Waals surface area contributed by atoms with Crippen molar-refractivity contribution in [3.63, 3.8) is 0 Å². The fraction of sp³-hybridized carbons (Fsp3) is 0.176. The molecule has 1 aliphatic heterocycles. The molecule has 2 N–H and O–H groups in total. The van der Waals surface area contributed by atoms with Gasteiger partial charge in [0, 0.05) is 0 Å². The highest BCUT2D eigenvalue weighted by Crippen LogP contribution is 2.30. The van der Waals surface area contributed by atoms with Gasteiger partial charge in [-0.1, -0.05) is 18.2 Å². The van der Waals surface area contributed by atoms with Crippen molar-refractivity contribution in [3.8, 4) is 0 Å². The summed E-state index contributed by atoms with van der Waals surface area (Å²) in [5, 5.41) is 4.23. The second kappa shape index (κ2) is 5.31. The van der Waals surface area contributed by atoms with Crippen LogP contribution in [0.5, 0.6) is 0 Å². The van der Waals surface area contributed by atoms with E-state index in [0.717, 1.165) is 35.4 Å². The van der Waals surface area contributed by atoms with E-state index in [0.29, 0.717) is 11.4 Å². The first-order chi connectivity index (χ1) is 11.2. The Hall–Kier alpha value is -3.02. The molecular weight excluding hydrogens is 292 g/mol. The lowest BCUT2D eigenvalue weighted by atomic mass is 10.0. The average molecular weight is 308 g/mol. The van der Waals surface area contributed by atoms with Crippen LogP contribution in [-0.2, 0) is 9.47 Å². The van der Waals surface area contributed by atoms with Crippen LogP contribution in [0.15, 0.2) is 54.2 Å². The number of pyridine rings is 1. The molecule has 2 aromatic rings. The Balaban J connectivity index is 1.73. The summed E-state index contributed by atoms with van der Waals surface area (Å²) >= 11 is 0. The van der Waals surface area contributed by atoms with Crippen LogP contribution in [0.4, 0.5) is 5.95 Å². The molecule has 23 heavy (non-hydrogen) atoms. The van der Waals surface area contributed by atoms with Crippen LogP contribution in [0, 0.1) is 6.92 Å². The lowest BCUT2D eigenvalue weighted by molar-refractivity contribution is 0.283. The van der Waals surface area contributed by atoms with Gasteiger partial charge in [0.15, 0.2) is 17.2 Å². The van der Waals surface area contributed by atoms with Crippen LogP contribution in [0.1, 0.15) is 24.1 Å². The van der Waals surface area contributed by atoms with Gasteiger partial charge < -0.3 is 15.2 Å². The minimum Gasteiger partial charge on any atom is -0.465 e. The lowest BCUT2D eigenvalue weighted by Gasteiger charge is -2.20. The van der Waals surface area contributed by atoms with Gasteiger partial charge in [0.2, 0.25) is 5.95 Å². The highest BCUT2D eigenvalue weighted by atomic mass is 16.5. The van der Waals surface area contributed by atoms with Crippen molar-refractivity contribution in [2.75, 3.05) is 5.73 Å². The first-order valence-electron chi connectivity index (χ1n) is 7.44. The standard InChI is InChI=1S/C17H16N4O2/c1-11-7-13(21-16(8-11)19-17(18)20-21)15-10-22-9-14(23-15)12-5-3-2-4-6-12/h2-3,5,7-10H,4,6H2,1H3,(H2,18,20). The number of aryl methyl sites for hydroxylation is 1. The second-order valence-electron chi connectivity index (χ2n) is 5.52. The summed E-state index contributed by atoms with van der Waals surface area (Å²) in [6.45, 7) is 1.99. The third kappa shape index (κ3) is 2.48. The summed E-state index contributed by atoms with van der Waals surface area (Å²) in [6.07, 6.45) is 11.3. The zero-order valence-electron chi connectivity index (χ0n) is 12.7. The van der Waals surface area contributed by atoms with Crippen LogP contribution in [0.3, 0.4) is 0 Å². The van der Waals surface area contributed by atoms with Crippen molar-refractivity contribution in [1.82, 2.24) is 14.6 Å². The maximum atomic E-state index is 6.05. The number of nitrogens with two attached hydrogens (primary N) is 1. The fourth-order valence-electron chi connectivity index (χ4n) is 2.70. The smallest absolute Gasteiger partial charge is 0.240 e. The quantitative estimate of drug-likeness (QED) is 0.922. The first-order valence-corrected chi connectivity index (χ1v) is 7.44. The Morgan fingerprint density at radius 2 is 2.09 bits per heavy atom. The Morgan fingerprint density at radius 3 is 2.91 bits per heavy atom. The van der Waals surface area contributed by atoms with E-state index >= 15 is 0 Å². The SMILES string of the molecule is Cc1cc(C2=COC=C(C3=CC=CCC3)O2)n2nc(N)nc2c1. The van der Waals surface area contributed by atoms with E-state index in [9.17, 15) is 0 Å². The molecule has 0 saturated heterocycles. The van der Waals surface area contributed by atoms with E-state index in [1.165, 1.54) is 0 Å². The zero-order chi connectivity index (χ0) is 15.8. The Morgan fingerprint density at radius 1 is 1.22 bits per heavy atom.